The molecule has 0 radical (unpaired) electrons. The summed E-state index contributed by atoms with van der Waals surface area (Å²) < 4.78 is 11.7. The maximum absolute atomic E-state index is 14.2. The summed E-state index contributed by atoms with van der Waals surface area (Å²) >= 11 is 0. The van der Waals surface area contributed by atoms with Gasteiger partial charge in [0.25, 0.3) is 0 Å². The molecule has 0 bridgehead atoms. The van der Waals surface area contributed by atoms with Crippen molar-refractivity contribution >= 4 is 12.1 Å². The lowest BCUT2D eigenvalue weighted by Crippen LogP contribution is -2.45. The molecule has 0 heterocycles. The van der Waals surface area contributed by atoms with Gasteiger partial charge in [0.1, 0.15) is 6.04 Å². The first kappa shape index (κ1) is 32.2. The zero-order valence-electron chi connectivity index (χ0n) is 25.5. The Hall–Kier alpha value is -3.28. The summed E-state index contributed by atoms with van der Waals surface area (Å²) in [4.78, 5) is 21.0. The van der Waals surface area contributed by atoms with Gasteiger partial charge in [0.05, 0.1) is 6.54 Å². The molecule has 2 atom stereocenters. The predicted molar refractivity (Wildman–Crippen MR) is 170 cm³/mol. The molecule has 41 heavy (non-hydrogen) atoms. The topological polar surface area (TPSA) is 51.1 Å². The van der Waals surface area contributed by atoms with E-state index in [1.165, 1.54) is 16.7 Å². The summed E-state index contributed by atoms with van der Waals surface area (Å²) in [7, 11) is 0. The first-order valence-corrected chi connectivity index (χ1v) is 15.1. The lowest BCUT2D eigenvalue weighted by Gasteiger charge is -2.30. The third kappa shape index (κ3) is 11.3. The standard InChI is InChI=1S/C36H48N2O3/c1-6-40-35(41-7-2)27-38(23-22-30-14-10-8-11-15-30)36(39)34(25-31-16-12-9-13-17-31)37-26-29(5)24-32-18-20-33(21-19-32)28(3)4/h8-21,26,28-29,34-35H,6-7,22-25,27H2,1-5H3. The van der Waals surface area contributed by atoms with Gasteiger partial charge in [0.15, 0.2) is 6.29 Å². The summed E-state index contributed by atoms with van der Waals surface area (Å²) in [6, 6.07) is 28.7. The van der Waals surface area contributed by atoms with E-state index >= 15 is 0 Å². The van der Waals surface area contributed by atoms with Crippen molar-refractivity contribution in [2.75, 3.05) is 26.3 Å². The molecule has 1 amide bonds. The van der Waals surface area contributed by atoms with Gasteiger partial charge in [0.2, 0.25) is 5.91 Å². The van der Waals surface area contributed by atoms with Crippen molar-refractivity contribution in [2.45, 2.75) is 72.1 Å². The number of hydrogen-bond donors (Lipinski definition) is 0. The third-order valence-electron chi connectivity index (χ3n) is 7.18. The Morgan fingerprint density at radius 1 is 0.780 bits per heavy atom. The largest absolute Gasteiger partial charge is 0.351 e. The number of nitrogens with zero attached hydrogens (tertiary/aromatic N) is 2. The van der Waals surface area contributed by atoms with E-state index < -0.39 is 12.3 Å². The summed E-state index contributed by atoms with van der Waals surface area (Å²) in [5, 5.41) is 0. The van der Waals surface area contributed by atoms with Crippen LogP contribution in [0.25, 0.3) is 0 Å². The average molecular weight is 557 g/mol. The van der Waals surface area contributed by atoms with Crippen molar-refractivity contribution < 1.29 is 14.3 Å². The van der Waals surface area contributed by atoms with Gasteiger partial charge in [-0.15, -0.1) is 0 Å². The van der Waals surface area contributed by atoms with Crippen LogP contribution in [0.3, 0.4) is 0 Å². The molecule has 5 heteroatoms. The lowest BCUT2D eigenvalue weighted by atomic mass is 9.97. The number of hydrogen-bond acceptors (Lipinski definition) is 4. The summed E-state index contributed by atoms with van der Waals surface area (Å²) in [5.74, 6) is 0.713. The molecule has 0 saturated heterocycles. The minimum atomic E-state index is -0.525. The number of benzene rings is 3. The van der Waals surface area contributed by atoms with Gasteiger partial charge in [-0.3, -0.25) is 9.79 Å². The van der Waals surface area contributed by atoms with Crippen LogP contribution in [0.1, 0.15) is 62.8 Å². The number of carbonyl (C=O) groups excluding carboxylic acids is 1. The number of rotatable bonds is 17. The van der Waals surface area contributed by atoms with Crippen LogP contribution >= 0.6 is 0 Å². The van der Waals surface area contributed by atoms with Crippen LogP contribution in [0.2, 0.25) is 0 Å². The fourth-order valence-corrected chi connectivity index (χ4v) is 4.87. The van der Waals surface area contributed by atoms with Gasteiger partial charge in [-0.2, -0.15) is 0 Å². The van der Waals surface area contributed by atoms with Crippen LogP contribution in [0, 0.1) is 5.92 Å². The zero-order chi connectivity index (χ0) is 29.5. The Kier molecular flexibility index (Phi) is 13.8. The van der Waals surface area contributed by atoms with Crippen molar-refractivity contribution in [1.82, 2.24) is 4.90 Å². The van der Waals surface area contributed by atoms with E-state index in [1.54, 1.807) is 0 Å². The van der Waals surface area contributed by atoms with Crippen LogP contribution in [0.4, 0.5) is 0 Å². The normalized spacial score (nSPS) is 13.1. The van der Waals surface area contributed by atoms with Crippen molar-refractivity contribution in [3.05, 3.63) is 107 Å². The molecule has 3 aromatic carbocycles. The molecule has 2 unspecified atom stereocenters. The molecule has 0 aliphatic rings. The van der Waals surface area contributed by atoms with Gasteiger partial charge in [-0.25, -0.2) is 0 Å². The van der Waals surface area contributed by atoms with E-state index in [0.717, 1.165) is 18.4 Å². The van der Waals surface area contributed by atoms with E-state index in [0.29, 0.717) is 38.6 Å². The van der Waals surface area contributed by atoms with Crippen LogP contribution in [0.15, 0.2) is 89.9 Å². The molecule has 0 aliphatic heterocycles. The fraction of sp³-hybridized carbons (Fsp3) is 0.444. The zero-order valence-corrected chi connectivity index (χ0v) is 25.5. The molecule has 0 fully saturated rings. The van der Waals surface area contributed by atoms with Crippen molar-refractivity contribution in [1.29, 1.82) is 0 Å². The highest BCUT2D eigenvalue weighted by Gasteiger charge is 2.27. The summed E-state index contributed by atoms with van der Waals surface area (Å²) in [5.41, 5.74) is 4.90. The van der Waals surface area contributed by atoms with Crippen LogP contribution in [-0.4, -0.2) is 55.7 Å². The fourth-order valence-electron chi connectivity index (χ4n) is 4.87. The first-order valence-electron chi connectivity index (χ1n) is 15.1. The molecule has 0 spiro atoms. The van der Waals surface area contributed by atoms with Gasteiger partial charge in [-0.05, 0) is 60.8 Å². The van der Waals surface area contributed by atoms with E-state index in [2.05, 4.69) is 69.3 Å². The molecule has 0 aromatic heterocycles. The Morgan fingerprint density at radius 3 is 1.90 bits per heavy atom. The number of carbonyl (C=O) groups is 1. The van der Waals surface area contributed by atoms with E-state index in [1.807, 2.05) is 61.4 Å². The Morgan fingerprint density at radius 2 is 1.34 bits per heavy atom. The minimum absolute atomic E-state index is 0.000994. The van der Waals surface area contributed by atoms with Crippen LogP contribution in [0.5, 0.6) is 0 Å². The average Bonchev–Trinajstić information content (AvgIpc) is 2.98. The minimum Gasteiger partial charge on any atom is -0.351 e. The van der Waals surface area contributed by atoms with Crippen molar-refractivity contribution in [3.63, 3.8) is 0 Å². The van der Waals surface area contributed by atoms with Gasteiger partial charge in [-0.1, -0.05) is 106 Å². The molecular formula is C36H48N2O3. The predicted octanol–water partition coefficient (Wildman–Crippen LogP) is 7.14. The molecule has 3 aromatic rings. The Bertz CT molecular complexity index is 1160. The van der Waals surface area contributed by atoms with Crippen molar-refractivity contribution in [3.8, 4) is 0 Å². The Balaban J connectivity index is 1.81. The second-order valence-corrected chi connectivity index (χ2v) is 10.9. The SMILES string of the molecule is CCOC(CN(CCc1ccccc1)C(=O)C(Cc1ccccc1)N=CC(C)Cc1ccc(C(C)C)cc1)OCC. The van der Waals surface area contributed by atoms with Gasteiger partial charge < -0.3 is 14.4 Å². The third-order valence-corrected chi connectivity index (χ3v) is 7.18. The van der Waals surface area contributed by atoms with E-state index in [4.69, 9.17) is 14.5 Å². The second kappa shape index (κ2) is 17.5. The highest BCUT2D eigenvalue weighted by molar-refractivity contribution is 5.84. The second-order valence-electron chi connectivity index (χ2n) is 10.9. The molecule has 0 saturated carbocycles. The maximum Gasteiger partial charge on any atom is 0.247 e. The molecule has 220 valence electrons. The smallest absolute Gasteiger partial charge is 0.247 e. The van der Waals surface area contributed by atoms with E-state index in [9.17, 15) is 4.79 Å². The highest BCUT2D eigenvalue weighted by atomic mass is 16.7. The maximum atomic E-state index is 14.2. The monoisotopic (exact) mass is 556 g/mol. The molecule has 5 nitrogen and oxygen atoms in total. The Labute approximate surface area is 247 Å². The molecule has 0 N–H and O–H groups in total. The number of amides is 1. The lowest BCUT2D eigenvalue weighted by molar-refractivity contribution is -0.159. The van der Waals surface area contributed by atoms with Crippen LogP contribution < -0.4 is 0 Å². The molecular weight excluding hydrogens is 508 g/mol. The van der Waals surface area contributed by atoms with Gasteiger partial charge >= 0.3 is 0 Å². The molecule has 0 aliphatic carbocycles. The number of ether oxygens (including phenoxy) is 2. The summed E-state index contributed by atoms with van der Waals surface area (Å²) in [6.45, 7) is 12.5. The first-order chi connectivity index (χ1) is 19.9. The summed E-state index contributed by atoms with van der Waals surface area (Å²) in [6.07, 6.45) is 3.67. The van der Waals surface area contributed by atoms with E-state index in [-0.39, 0.29) is 11.8 Å². The van der Waals surface area contributed by atoms with Gasteiger partial charge in [0, 0.05) is 32.4 Å². The number of aliphatic imine (C=N–C) groups is 1. The quantitative estimate of drug-likeness (QED) is 0.131. The van der Waals surface area contributed by atoms with Crippen molar-refractivity contribution in [2.24, 2.45) is 10.9 Å². The van der Waals surface area contributed by atoms with Crippen LogP contribution in [-0.2, 0) is 33.5 Å². The molecule has 3 rings (SSSR count). The highest BCUT2D eigenvalue weighted by Crippen LogP contribution is 2.17.